The topological polar surface area (TPSA) is 78.9 Å². The van der Waals surface area contributed by atoms with E-state index < -0.39 is 5.97 Å². The van der Waals surface area contributed by atoms with E-state index in [1.807, 2.05) is 0 Å². The van der Waals surface area contributed by atoms with E-state index in [0.717, 1.165) is 12.8 Å². The second-order valence-corrected chi connectivity index (χ2v) is 5.27. The molecule has 0 aromatic heterocycles. The van der Waals surface area contributed by atoms with E-state index in [1.54, 1.807) is 20.8 Å². The smallest absolute Gasteiger partial charge is 0.333 e. The molecule has 0 N–H and O–H groups in total. The zero-order valence-corrected chi connectivity index (χ0v) is 13.7. The number of hydrogen-bond donors (Lipinski definition) is 0. The van der Waals surface area contributed by atoms with Crippen molar-refractivity contribution in [2.75, 3.05) is 19.8 Å². The van der Waals surface area contributed by atoms with Crippen LogP contribution in [0.4, 0.5) is 0 Å². The fraction of sp³-hybridized carbons (Fsp3) is 0.688. The first-order chi connectivity index (χ1) is 10.3. The molecule has 0 radical (unpaired) electrons. The van der Waals surface area contributed by atoms with Crippen molar-refractivity contribution in [1.29, 1.82) is 0 Å². The first kappa shape index (κ1) is 20.1. The maximum absolute atomic E-state index is 11.4. The van der Waals surface area contributed by atoms with Crippen LogP contribution in [-0.4, -0.2) is 37.7 Å². The highest BCUT2D eigenvalue weighted by atomic mass is 16.6. The SMILES string of the molecule is C=C(C)C(=O)OCCOC(=O)CCCCCOC(=O)C(C)C. The quantitative estimate of drug-likeness (QED) is 0.252. The average Bonchev–Trinajstić information content (AvgIpc) is 2.46. The summed E-state index contributed by atoms with van der Waals surface area (Å²) >= 11 is 0. The molecule has 0 bridgehead atoms. The highest BCUT2D eigenvalue weighted by Gasteiger charge is 2.08. The molecule has 0 atom stereocenters. The molecule has 22 heavy (non-hydrogen) atoms. The lowest BCUT2D eigenvalue weighted by molar-refractivity contribution is -0.150. The summed E-state index contributed by atoms with van der Waals surface area (Å²) in [5.74, 6) is -1.14. The maximum atomic E-state index is 11.4. The van der Waals surface area contributed by atoms with Crippen LogP contribution in [0, 0.1) is 5.92 Å². The number of rotatable bonds is 11. The summed E-state index contributed by atoms with van der Waals surface area (Å²) < 4.78 is 14.7. The maximum Gasteiger partial charge on any atom is 0.333 e. The molecule has 0 saturated heterocycles. The van der Waals surface area contributed by atoms with Gasteiger partial charge in [-0.05, 0) is 26.2 Å². The van der Waals surface area contributed by atoms with Gasteiger partial charge in [0, 0.05) is 12.0 Å². The summed E-state index contributed by atoms with van der Waals surface area (Å²) in [5.41, 5.74) is 0.310. The monoisotopic (exact) mass is 314 g/mol. The van der Waals surface area contributed by atoms with E-state index >= 15 is 0 Å². The number of hydrogen-bond acceptors (Lipinski definition) is 6. The minimum atomic E-state index is -0.494. The number of ether oxygens (including phenoxy) is 3. The second-order valence-electron chi connectivity index (χ2n) is 5.27. The third-order valence-corrected chi connectivity index (χ3v) is 2.67. The summed E-state index contributed by atoms with van der Waals surface area (Å²) in [6, 6.07) is 0. The first-order valence-electron chi connectivity index (χ1n) is 7.49. The van der Waals surface area contributed by atoms with Gasteiger partial charge < -0.3 is 14.2 Å². The minimum Gasteiger partial charge on any atom is -0.465 e. The molecule has 0 rings (SSSR count). The zero-order chi connectivity index (χ0) is 17.0. The van der Waals surface area contributed by atoms with E-state index in [9.17, 15) is 14.4 Å². The van der Waals surface area contributed by atoms with Crippen LogP contribution in [0.25, 0.3) is 0 Å². The summed E-state index contributed by atoms with van der Waals surface area (Å²) in [4.78, 5) is 33.6. The summed E-state index contributed by atoms with van der Waals surface area (Å²) in [6.45, 7) is 9.01. The standard InChI is InChI=1S/C16H26O6/c1-12(2)15(18)21-9-7-5-6-8-14(17)20-10-11-22-16(19)13(3)4/h12H,3,5-11H2,1-2,4H3. The Morgan fingerprint density at radius 3 is 2.14 bits per heavy atom. The largest absolute Gasteiger partial charge is 0.465 e. The fourth-order valence-electron chi connectivity index (χ4n) is 1.37. The second kappa shape index (κ2) is 11.8. The molecule has 0 aliphatic carbocycles. The molecule has 0 aromatic carbocycles. The van der Waals surface area contributed by atoms with Gasteiger partial charge in [-0.2, -0.15) is 0 Å². The molecule has 0 unspecified atom stereocenters. The molecule has 0 heterocycles. The van der Waals surface area contributed by atoms with Crippen molar-refractivity contribution in [3.05, 3.63) is 12.2 Å². The van der Waals surface area contributed by atoms with Crippen LogP contribution in [0.1, 0.15) is 46.5 Å². The van der Waals surface area contributed by atoms with Crippen molar-refractivity contribution in [2.24, 2.45) is 5.92 Å². The van der Waals surface area contributed by atoms with Gasteiger partial charge in [0.05, 0.1) is 12.5 Å². The molecule has 6 heteroatoms. The van der Waals surface area contributed by atoms with Crippen molar-refractivity contribution < 1.29 is 28.6 Å². The van der Waals surface area contributed by atoms with Gasteiger partial charge in [0.25, 0.3) is 0 Å². The predicted octanol–water partition coefficient (Wildman–Crippen LogP) is 2.41. The van der Waals surface area contributed by atoms with Gasteiger partial charge >= 0.3 is 17.9 Å². The Morgan fingerprint density at radius 1 is 0.909 bits per heavy atom. The molecular weight excluding hydrogens is 288 g/mol. The molecule has 0 aromatic rings. The molecule has 0 aliphatic rings. The number of esters is 3. The molecule has 6 nitrogen and oxygen atoms in total. The fourth-order valence-corrected chi connectivity index (χ4v) is 1.37. The third kappa shape index (κ3) is 10.9. The lowest BCUT2D eigenvalue weighted by Crippen LogP contribution is -2.14. The van der Waals surface area contributed by atoms with Gasteiger partial charge in [-0.25, -0.2) is 4.79 Å². The Balaban J connectivity index is 3.45. The molecule has 0 amide bonds. The Morgan fingerprint density at radius 2 is 1.55 bits per heavy atom. The van der Waals surface area contributed by atoms with Gasteiger partial charge in [-0.3, -0.25) is 9.59 Å². The Labute approximate surface area is 131 Å². The average molecular weight is 314 g/mol. The lowest BCUT2D eigenvalue weighted by atomic mass is 10.2. The molecular formula is C16H26O6. The first-order valence-corrected chi connectivity index (χ1v) is 7.49. The lowest BCUT2D eigenvalue weighted by Gasteiger charge is -2.07. The minimum absolute atomic E-state index is 0.0303. The van der Waals surface area contributed by atoms with Crippen LogP contribution in [0.5, 0.6) is 0 Å². The molecule has 0 fully saturated rings. The van der Waals surface area contributed by atoms with Gasteiger partial charge in [0.2, 0.25) is 0 Å². The van der Waals surface area contributed by atoms with Gasteiger partial charge in [-0.1, -0.05) is 20.4 Å². The molecule has 126 valence electrons. The van der Waals surface area contributed by atoms with Crippen LogP contribution in [0.3, 0.4) is 0 Å². The van der Waals surface area contributed by atoms with E-state index in [4.69, 9.17) is 14.2 Å². The summed E-state index contributed by atoms with van der Waals surface area (Å²) in [6.07, 6.45) is 2.48. The van der Waals surface area contributed by atoms with E-state index in [0.29, 0.717) is 25.0 Å². The van der Waals surface area contributed by atoms with Gasteiger partial charge in [0.1, 0.15) is 13.2 Å². The van der Waals surface area contributed by atoms with Crippen molar-refractivity contribution in [1.82, 2.24) is 0 Å². The van der Waals surface area contributed by atoms with Crippen molar-refractivity contribution in [3.8, 4) is 0 Å². The van der Waals surface area contributed by atoms with E-state index in [-0.39, 0.29) is 31.1 Å². The van der Waals surface area contributed by atoms with Crippen LogP contribution in [-0.2, 0) is 28.6 Å². The predicted molar refractivity (Wildman–Crippen MR) is 81.0 cm³/mol. The molecule has 0 spiro atoms. The van der Waals surface area contributed by atoms with Gasteiger partial charge in [-0.15, -0.1) is 0 Å². The third-order valence-electron chi connectivity index (χ3n) is 2.67. The van der Waals surface area contributed by atoms with Crippen LogP contribution in [0.15, 0.2) is 12.2 Å². The van der Waals surface area contributed by atoms with Crippen molar-refractivity contribution >= 4 is 17.9 Å². The highest BCUT2D eigenvalue weighted by Crippen LogP contribution is 2.03. The summed E-state index contributed by atoms with van der Waals surface area (Å²) in [5, 5.41) is 0. The van der Waals surface area contributed by atoms with E-state index in [1.165, 1.54) is 0 Å². The number of carbonyl (C=O) groups is 3. The van der Waals surface area contributed by atoms with Gasteiger partial charge in [0.15, 0.2) is 0 Å². The summed E-state index contributed by atoms with van der Waals surface area (Å²) in [7, 11) is 0. The Kier molecular flexibility index (Phi) is 10.8. The Bertz CT molecular complexity index is 386. The zero-order valence-electron chi connectivity index (χ0n) is 13.7. The van der Waals surface area contributed by atoms with E-state index in [2.05, 4.69) is 6.58 Å². The molecule has 0 aliphatic heterocycles. The van der Waals surface area contributed by atoms with Crippen LogP contribution in [0.2, 0.25) is 0 Å². The highest BCUT2D eigenvalue weighted by molar-refractivity contribution is 5.86. The number of carbonyl (C=O) groups excluding carboxylic acids is 3. The Hall–Kier alpha value is -1.85. The number of unbranched alkanes of at least 4 members (excludes halogenated alkanes) is 2. The van der Waals surface area contributed by atoms with Crippen molar-refractivity contribution in [2.45, 2.75) is 46.5 Å². The molecule has 0 saturated carbocycles. The van der Waals surface area contributed by atoms with Crippen LogP contribution >= 0.6 is 0 Å². The normalized spacial score (nSPS) is 10.2. The van der Waals surface area contributed by atoms with Crippen LogP contribution < -0.4 is 0 Å². The van der Waals surface area contributed by atoms with Crippen molar-refractivity contribution in [3.63, 3.8) is 0 Å².